The molecular formula is C21H26O4S. The first-order valence-electron chi connectivity index (χ1n) is 9.69. The van der Waals surface area contributed by atoms with Crippen molar-refractivity contribution in [1.82, 2.24) is 0 Å². The van der Waals surface area contributed by atoms with E-state index in [1.54, 1.807) is 17.4 Å². The molecule has 2 aliphatic rings. The van der Waals surface area contributed by atoms with Gasteiger partial charge in [0.1, 0.15) is 11.5 Å². The van der Waals surface area contributed by atoms with Crippen molar-refractivity contribution in [2.45, 2.75) is 63.4 Å². The van der Waals surface area contributed by atoms with E-state index in [9.17, 15) is 9.90 Å². The molecule has 1 aliphatic carbocycles. The Hall–Kier alpha value is -1.59. The number of ether oxygens (including phenoxy) is 1. The molecule has 2 aromatic heterocycles. The fourth-order valence-electron chi connectivity index (χ4n) is 4.14. The molecule has 0 radical (unpaired) electrons. The molecule has 0 spiro atoms. The lowest BCUT2D eigenvalue weighted by molar-refractivity contribution is 0.0948. The lowest BCUT2D eigenvalue weighted by Gasteiger charge is -2.20. The number of hydrogen-bond acceptors (Lipinski definition) is 5. The minimum atomic E-state index is -0.379. The van der Waals surface area contributed by atoms with Crippen LogP contribution in [0.4, 0.5) is 0 Å². The molecular weight excluding hydrogens is 348 g/mol. The topological polar surface area (TPSA) is 59.7 Å². The summed E-state index contributed by atoms with van der Waals surface area (Å²) in [5.74, 6) is 1.18. The second-order valence-electron chi connectivity index (χ2n) is 7.54. The Labute approximate surface area is 157 Å². The molecule has 2 fully saturated rings. The van der Waals surface area contributed by atoms with Crippen LogP contribution in [0.5, 0.6) is 5.75 Å². The largest absolute Gasteiger partial charge is 0.507 e. The second-order valence-corrected chi connectivity index (χ2v) is 8.52. The maximum absolute atomic E-state index is 12.8. The van der Waals surface area contributed by atoms with Crippen LogP contribution in [0, 0.1) is 5.92 Å². The summed E-state index contributed by atoms with van der Waals surface area (Å²) in [4.78, 5) is 14.0. The molecule has 2 aromatic rings. The summed E-state index contributed by atoms with van der Waals surface area (Å²) in [6, 6.07) is 5.73. The lowest BCUT2D eigenvalue weighted by Crippen LogP contribution is -2.18. The number of hydrogen-bond donors (Lipinski definition) is 1. The smallest absolute Gasteiger partial charge is 0.343 e. The number of aromatic hydroxyl groups is 1. The molecule has 1 saturated carbocycles. The Balaban J connectivity index is 1.64. The summed E-state index contributed by atoms with van der Waals surface area (Å²) in [5.41, 5.74) is 0.0572. The van der Waals surface area contributed by atoms with Gasteiger partial charge in [-0.1, -0.05) is 13.0 Å². The zero-order valence-electron chi connectivity index (χ0n) is 15.1. The van der Waals surface area contributed by atoms with Gasteiger partial charge in [0.15, 0.2) is 0 Å². The molecule has 140 valence electrons. The van der Waals surface area contributed by atoms with Gasteiger partial charge >= 0.3 is 5.63 Å². The summed E-state index contributed by atoms with van der Waals surface area (Å²) < 4.78 is 11.5. The quantitative estimate of drug-likeness (QED) is 0.740. The maximum atomic E-state index is 12.8. The third-order valence-electron chi connectivity index (χ3n) is 5.71. The molecule has 1 aliphatic heterocycles. The van der Waals surface area contributed by atoms with Crippen molar-refractivity contribution in [3.05, 3.63) is 50.2 Å². The maximum Gasteiger partial charge on any atom is 0.343 e. The molecule has 1 N–H and O–H groups in total. The lowest BCUT2D eigenvalue weighted by atomic mass is 9.91. The van der Waals surface area contributed by atoms with Crippen LogP contribution in [0.25, 0.3) is 0 Å². The molecule has 3 atom stereocenters. The van der Waals surface area contributed by atoms with E-state index in [0.29, 0.717) is 17.2 Å². The van der Waals surface area contributed by atoms with Gasteiger partial charge in [-0.2, -0.15) is 0 Å². The summed E-state index contributed by atoms with van der Waals surface area (Å²) in [6.07, 6.45) is 6.29. The predicted molar refractivity (Wildman–Crippen MR) is 102 cm³/mol. The number of thiophene rings is 1. The highest BCUT2D eigenvalue weighted by Crippen LogP contribution is 2.49. The van der Waals surface area contributed by atoms with Gasteiger partial charge in [-0.3, -0.25) is 0 Å². The van der Waals surface area contributed by atoms with Gasteiger partial charge in [0.05, 0.1) is 11.7 Å². The van der Waals surface area contributed by atoms with Crippen LogP contribution in [0.1, 0.15) is 73.5 Å². The molecule has 1 saturated heterocycles. The zero-order valence-corrected chi connectivity index (χ0v) is 16.0. The van der Waals surface area contributed by atoms with Crippen molar-refractivity contribution in [2.75, 3.05) is 6.61 Å². The molecule has 26 heavy (non-hydrogen) atoms. The van der Waals surface area contributed by atoms with Crippen LogP contribution in [-0.2, 0) is 4.74 Å². The van der Waals surface area contributed by atoms with Crippen LogP contribution >= 0.6 is 11.3 Å². The van der Waals surface area contributed by atoms with Gasteiger partial charge in [0.25, 0.3) is 0 Å². The van der Waals surface area contributed by atoms with Crippen molar-refractivity contribution in [1.29, 1.82) is 0 Å². The predicted octanol–water partition coefficient (Wildman–Crippen LogP) is 5.01. The normalized spacial score (nSPS) is 22.4. The van der Waals surface area contributed by atoms with E-state index in [4.69, 9.17) is 9.15 Å². The summed E-state index contributed by atoms with van der Waals surface area (Å²) in [6.45, 7) is 2.91. The summed E-state index contributed by atoms with van der Waals surface area (Å²) in [5, 5.41) is 12.8. The average Bonchev–Trinajstić information content (AvgIpc) is 3.09. The highest BCUT2D eigenvalue weighted by atomic mass is 32.1. The first-order valence-corrected chi connectivity index (χ1v) is 10.6. The third-order valence-corrected chi connectivity index (χ3v) is 6.66. The first kappa shape index (κ1) is 17.8. The Morgan fingerprint density at radius 2 is 2.19 bits per heavy atom. The van der Waals surface area contributed by atoms with E-state index in [1.807, 2.05) is 17.5 Å². The van der Waals surface area contributed by atoms with E-state index in [0.717, 1.165) is 50.0 Å². The highest BCUT2D eigenvalue weighted by molar-refractivity contribution is 7.10. The average molecular weight is 375 g/mol. The minimum Gasteiger partial charge on any atom is -0.507 e. The Morgan fingerprint density at radius 1 is 1.35 bits per heavy atom. The molecule has 3 unspecified atom stereocenters. The zero-order chi connectivity index (χ0) is 18.1. The van der Waals surface area contributed by atoms with Crippen LogP contribution in [0.3, 0.4) is 0 Å². The van der Waals surface area contributed by atoms with Crippen LogP contribution in [0.15, 0.2) is 32.8 Å². The number of rotatable bonds is 7. The van der Waals surface area contributed by atoms with Crippen molar-refractivity contribution >= 4 is 11.3 Å². The Bertz CT molecular complexity index is 785. The van der Waals surface area contributed by atoms with Crippen molar-refractivity contribution in [2.24, 2.45) is 5.92 Å². The molecule has 4 rings (SSSR count). The molecule has 0 amide bonds. The third kappa shape index (κ3) is 3.60. The second kappa shape index (κ2) is 7.57. The summed E-state index contributed by atoms with van der Waals surface area (Å²) in [7, 11) is 0. The Morgan fingerprint density at radius 3 is 2.77 bits per heavy atom. The van der Waals surface area contributed by atoms with E-state index in [1.165, 1.54) is 0 Å². The Kier molecular flexibility index (Phi) is 5.18. The monoisotopic (exact) mass is 374 g/mol. The van der Waals surface area contributed by atoms with Crippen molar-refractivity contribution in [3.63, 3.8) is 0 Å². The van der Waals surface area contributed by atoms with E-state index in [-0.39, 0.29) is 29.3 Å². The van der Waals surface area contributed by atoms with E-state index >= 15 is 0 Å². The van der Waals surface area contributed by atoms with E-state index in [2.05, 4.69) is 6.92 Å². The SMILES string of the molecule is CCC(CC1CCCO1)c1cc(O)c(C(c2cccs2)C2CC2)c(=O)o1. The van der Waals surface area contributed by atoms with Crippen LogP contribution < -0.4 is 5.63 Å². The molecule has 5 heteroatoms. The molecule has 0 aromatic carbocycles. The minimum absolute atomic E-state index is 0.0430. The molecule has 3 heterocycles. The molecule has 4 nitrogen and oxygen atoms in total. The van der Waals surface area contributed by atoms with Gasteiger partial charge < -0.3 is 14.3 Å². The van der Waals surface area contributed by atoms with Gasteiger partial charge in [-0.05, 0) is 55.9 Å². The fourth-order valence-corrected chi connectivity index (χ4v) is 5.06. The first-order chi connectivity index (χ1) is 12.7. The molecule has 0 bridgehead atoms. The van der Waals surface area contributed by atoms with Gasteiger partial charge in [-0.25, -0.2) is 4.79 Å². The van der Waals surface area contributed by atoms with Crippen molar-refractivity contribution in [3.8, 4) is 5.75 Å². The van der Waals surface area contributed by atoms with Crippen LogP contribution in [-0.4, -0.2) is 17.8 Å². The van der Waals surface area contributed by atoms with E-state index < -0.39 is 0 Å². The highest BCUT2D eigenvalue weighted by Gasteiger charge is 2.38. The fraction of sp³-hybridized carbons (Fsp3) is 0.571. The van der Waals surface area contributed by atoms with Crippen molar-refractivity contribution < 1.29 is 14.3 Å². The van der Waals surface area contributed by atoms with Gasteiger partial charge in [-0.15, -0.1) is 11.3 Å². The summed E-state index contributed by atoms with van der Waals surface area (Å²) >= 11 is 1.64. The van der Waals surface area contributed by atoms with Gasteiger partial charge in [0.2, 0.25) is 0 Å². The van der Waals surface area contributed by atoms with Crippen LogP contribution in [0.2, 0.25) is 0 Å². The van der Waals surface area contributed by atoms with Gasteiger partial charge in [0, 0.05) is 29.4 Å². The standard InChI is InChI=1S/C21H26O4S/c1-2-13(11-15-5-3-9-24-15)17-12-16(22)20(21(23)25-17)19(14-7-8-14)18-6-4-10-26-18/h4,6,10,12-15,19,22H,2-3,5,7-9,11H2,1H3.